The third kappa shape index (κ3) is 2.65. The van der Waals surface area contributed by atoms with Crippen LogP contribution in [0.1, 0.15) is 38.1 Å². The van der Waals surface area contributed by atoms with E-state index in [1.165, 1.54) is 11.3 Å². The Kier molecular flexibility index (Phi) is 4.06. The number of carboxylic acids is 1. The van der Waals surface area contributed by atoms with Gasteiger partial charge in [0.1, 0.15) is 10.5 Å². The summed E-state index contributed by atoms with van der Waals surface area (Å²) in [6, 6.07) is 5.07. The lowest BCUT2D eigenvalue weighted by atomic mass is 10.1. The molecule has 0 bridgehead atoms. The average molecular weight is 344 g/mol. The van der Waals surface area contributed by atoms with Gasteiger partial charge in [0.25, 0.3) is 5.91 Å². The maximum Gasteiger partial charge on any atom is 0.339 e. The van der Waals surface area contributed by atoms with Crippen LogP contribution in [0, 0.1) is 6.92 Å². The number of aromatic nitrogens is 3. The fourth-order valence-corrected chi connectivity index (χ4v) is 3.81. The van der Waals surface area contributed by atoms with E-state index < -0.39 is 5.97 Å². The molecule has 2 heterocycles. The van der Waals surface area contributed by atoms with Crippen molar-refractivity contribution in [3.05, 3.63) is 39.8 Å². The number of carbonyl (C=O) groups is 2. The number of carbonyl (C=O) groups excluding carboxylic acids is 1. The fraction of sp³-hybridized carbons (Fsp3) is 0.250. The van der Waals surface area contributed by atoms with Gasteiger partial charge in [0, 0.05) is 17.5 Å². The molecule has 3 rings (SSSR count). The molecule has 8 heteroatoms. The van der Waals surface area contributed by atoms with Crippen LogP contribution >= 0.6 is 11.3 Å². The molecule has 0 spiro atoms. The summed E-state index contributed by atoms with van der Waals surface area (Å²) in [6.45, 7) is 3.76. The Balaban J connectivity index is 1.95. The minimum Gasteiger partial charge on any atom is -0.478 e. The summed E-state index contributed by atoms with van der Waals surface area (Å²) >= 11 is 1.28. The number of amides is 1. The van der Waals surface area contributed by atoms with Gasteiger partial charge < -0.3 is 10.4 Å². The number of aromatic carboxylic acids is 1. The molecule has 0 saturated heterocycles. The van der Waals surface area contributed by atoms with Crippen molar-refractivity contribution < 1.29 is 14.7 Å². The number of carboxylic acid groups (broad SMARTS) is 1. The lowest BCUT2D eigenvalue weighted by Gasteiger charge is -2.05. The van der Waals surface area contributed by atoms with Gasteiger partial charge in [0.15, 0.2) is 0 Å². The van der Waals surface area contributed by atoms with Crippen LogP contribution in [0.2, 0.25) is 0 Å². The summed E-state index contributed by atoms with van der Waals surface area (Å²) in [5.41, 5.74) is 2.77. The average Bonchev–Trinajstić information content (AvgIpc) is 3.06. The highest BCUT2D eigenvalue weighted by Gasteiger charge is 2.22. The molecule has 2 aromatic heterocycles. The summed E-state index contributed by atoms with van der Waals surface area (Å²) < 4.78 is 1.62. The van der Waals surface area contributed by atoms with Crippen LogP contribution < -0.4 is 5.32 Å². The second-order valence-corrected chi connectivity index (χ2v) is 6.60. The topological polar surface area (TPSA) is 97.1 Å². The monoisotopic (exact) mass is 344 g/mol. The summed E-state index contributed by atoms with van der Waals surface area (Å²) in [5, 5.41) is 20.4. The number of fused-ring (bicyclic) bond motifs is 1. The maximum absolute atomic E-state index is 12.5. The number of benzene rings is 1. The molecule has 7 nitrogen and oxygen atoms in total. The number of hydrogen-bond acceptors (Lipinski definition) is 5. The van der Waals surface area contributed by atoms with Crippen LogP contribution in [0.4, 0.5) is 5.00 Å². The van der Waals surface area contributed by atoms with Crippen molar-refractivity contribution in [1.29, 1.82) is 0 Å². The number of thiophene rings is 1. The number of nitrogens with zero attached hydrogens (tertiary/aromatic N) is 3. The van der Waals surface area contributed by atoms with E-state index in [1.807, 2.05) is 13.8 Å². The molecular weight excluding hydrogens is 328 g/mol. The predicted molar refractivity (Wildman–Crippen MR) is 91.9 cm³/mol. The van der Waals surface area contributed by atoms with Gasteiger partial charge in [-0.25, -0.2) is 9.48 Å². The first-order valence-electron chi connectivity index (χ1n) is 7.38. The molecule has 0 radical (unpaired) electrons. The number of rotatable bonds is 4. The van der Waals surface area contributed by atoms with Crippen molar-refractivity contribution in [3.8, 4) is 0 Å². The van der Waals surface area contributed by atoms with Gasteiger partial charge >= 0.3 is 5.97 Å². The SMILES string of the molecule is CCc1c(C)sc(NC(=O)c2ccc3c(c2)nnn3C)c1C(=O)O. The van der Waals surface area contributed by atoms with E-state index in [0.717, 1.165) is 16.0 Å². The van der Waals surface area contributed by atoms with Crippen LogP contribution in [0.3, 0.4) is 0 Å². The highest BCUT2D eigenvalue weighted by molar-refractivity contribution is 7.16. The summed E-state index contributed by atoms with van der Waals surface area (Å²) in [7, 11) is 1.77. The third-order valence-corrected chi connectivity index (χ3v) is 4.94. The second kappa shape index (κ2) is 6.04. The minimum absolute atomic E-state index is 0.175. The molecule has 0 aliphatic rings. The molecule has 124 valence electrons. The van der Waals surface area contributed by atoms with Crippen molar-refractivity contribution in [2.24, 2.45) is 7.05 Å². The smallest absolute Gasteiger partial charge is 0.339 e. The molecule has 0 fully saturated rings. The van der Waals surface area contributed by atoms with Crippen LogP contribution in [0.15, 0.2) is 18.2 Å². The lowest BCUT2D eigenvalue weighted by molar-refractivity contribution is 0.0697. The molecule has 0 aliphatic carbocycles. The largest absolute Gasteiger partial charge is 0.478 e. The number of anilines is 1. The molecule has 0 aliphatic heterocycles. The van der Waals surface area contributed by atoms with Crippen molar-refractivity contribution in [1.82, 2.24) is 15.0 Å². The lowest BCUT2D eigenvalue weighted by Crippen LogP contribution is -2.13. The highest BCUT2D eigenvalue weighted by Crippen LogP contribution is 2.33. The number of nitrogens with one attached hydrogen (secondary N) is 1. The molecule has 1 aromatic carbocycles. The first kappa shape index (κ1) is 16.1. The van der Waals surface area contributed by atoms with Crippen LogP contribution in [0.5, 0.6) is 0 Å². The summed E-state index contributed by atoms with van der Waals surface area (Å²) in [4.78, 5) is 24.9. The zero-order valence-electron chi connectivity index (χ0n) is 13.5. The Morgan fingerprint density at radius 3 is 2.79 bits per heavy atom. The zero-order valence-corrected chi connectivity index (χ0v) is 14.3. The predicted octanol–water partition coefficient (Wildman–Crippen LogP) is 2.85. The van der Waals surface area contributed by atoms with E-state index in [4.69, 9.17) is 0 Å². The van der Waals surface area contributed by atoms with Crippen molar-refractivity contribution >= 4 is 39.2 Å². The molecule has 1 amide bonds. The van der Waals surface area contributed by atoms with Gasteiger partial charge in [0.2, 0.25) is 0 Å². The Hall–Kier alpha value is -2.74. The summed E-state index contributed by atoms with van der Waals surface area (Å²) in [5.74, 6) is -1.40. The Labute approximate surface area is 141 Å². The third-order valence-electron chi connectivity index (χ3n) is 3.88. The fourth-order valence-electron chi connectivity index (χ4n) is 2.68. The van der Waals surface area contributed by atoms with E-state index in [-0.39, 0.29) is 11.5 Å². The number of aryl methyl sites for hydroxylation is 2. The van der Waals surface area contributed by atoms with Crippen LogP contribution in [0.25, 0.3) is 11.0 Å². The Bertz CT molecular complexity index is 958. The van der Waals surface area contributed by atoms with E-state index in [1.54, 1.807) is 29.9 Å². The molecular formula is C16H16N4O3S. The molecule has 0 atom stereocenters. The standard InChI is InChI=1S/C16H16N4O3S/c1-4-10-8(2)24-15(13(10)16(22)23)17-14(21)9-5-6-12-11(7-9)18-19-20(12)3/h5-7H,4H2,1-3H3,(H,17,21)(H,22,23). The van der Waals surface area contributed by atoms with Gasteiger partial charge in [0.05, 0.1) is 11.1 Å². The van der Waals surface area contributed by atoms with Crippen LogP contribution in [-0.2, 0) is 13.5 Å². The van der Waals surface area contributed by atoms with Gasteiger partial charge in [-0.3, -0.25) is 4.79 Å². The van der Waals surface area contributed by atoms with E-state index in [9.17, 15) is 14.7 Å². The minimum atomic E-state index is -1.03. The number of hydrogen-bond donors (Lipinski definition) is 2. The van der Waals surface area contributed by atoms with Gasteiger partial charge in [-0.15, -0.1) is 16.4 Å². The molecule has 24 heavy (non-hydrogen) atoms. The van der Waals surface area contributed by atoms with Crippen LogP contribution in [-0.4, -0.2) is 32.0 Å². The van der Waals surface area contributed by atoms with Gasteiger partial charge in [-0.2, -0.15) is 0 Å². The van der Waals surface area contributed by atoms with Crippen molar-refractivity contribution in [2.45, 2.75) is 20.3 Å². The van der Waals surface area contributed by atoms with E-state index in [2.05, 4.69) is 15.6 Å². The quantitative estimate of drug-likeness (QED) is 0.758. The normalized spacial score (nSPS) is 11.0. The van der Waals surface area contributed by atoms with Crippen molar-refractivity contribution in [3.63, 3.8) is 0 Å². The van der Waals surface area contributed by atoms with Crippen molar-refractivity contribution in [2.75, 3.05) is 5.32 Å². The summed E-state index contributed by atoms with van der Waals surface area (Å²) in [6.07, 6.45) is 0.603. The second-order valence-electron chi connectivity index (χ2n) is 5.37. The van der Waals surface area contributed by atoms with E-state index in [0.29, 0.717) is 22.5 Å². The van der Waals surface area contributed by atoms with E-state index >= 15 is 0 Å². The van der Waals surface area contributed by atoms with Gasteiger partial charge in [-0.05, 0) is 37.1 Å². The zero-order chi connectivity index (χ0) is 17.4. The Morgan fingerprint density at radius 1 is 1.38 bits per heavy atom. The molecule has 2 N–H and O–H groups in total. The molecule has 0 unspecified atom stereocenters. The maximum atomic E-state index is 12.5. The molecule has 3 aromatic rings. The Morgan fingerprint density at radius 2 is 2.12 bits per heavy atom. The molecule has 0 saturated carbocycles. The highest BCUT2D eigenvalue weighted by atomic mass is 32.1. The first-order valence-corrected chi connectivity index (χ1v) is 8.20. The first-order chi connectivity index (χ1) is 11.4. The van der Waals surface area contributed by atoms with Gasteiger partial charge in [-0.1, -0.05) is 12.1 Å².